The quantitative estimate of drug-likeness (QED) is 0.627. The van der Waals surface area contributed by atoms with Crippen molar-refractivity contribution in [2.24, 2.45) is 15.3 Å². The van der Waals surface area contributed by atoms with Gasteiger partial charge >= 0.3 is 0 Å². The molecule has 0 aromatic heterocycles. The zero-order chi connectivity index (χ0) is 19.1. The van der Waals surface area contributed by atoms with Gasteiger partial charge in [0.15, 0.2) is 0 Å². The maximum Gasteiger partial charge on any atom is 0.283 e. The van der Waals surface area contributed by atoms with Gasteiger partial charge in [-0.1, -0.05) is 26.0 Å². The van der Waals surface area contributed by atoms with Gasteiger partial charge in [0, 0.05) is 0 Å². The molecular weight excluding hydrogens is 379 g/mol. The predicted octanol–water partition coefficient (Wildman–Crippen LogP) is 2.47. The molecule has 1 aromatic rings. The predicted molar refractivity (Wildman–Crippen MR) is 100 cm³/mol. The van der Waals surface area contributed by atoms with Crippen molar-refractivity contribution in [1.82, 2.24) is 4.90 Å². The van der Waals surface area contributed by atoms with E-state index in [-0.39, 0.29) is 33.4 Å². The van der Waals surface area contributed by atoms with Crippen molar-refractivity contribution in [2.45, 2.75) is 13.8 Å². The Balaban J connectivity index is 2.00. The Morgan fingerprint density at radius 3 is 2.58 bits per heavy atom. The van der Waals surface area contributed by atoms with Gasteiger partial charge in [-0.2, -0.15) is 9.39 Å². The number of amidine groups is 3. The van der Waals surface area contributed by atoms with E-state index in [0.717, 1.165) is 16.8 Å². The second kappa shape index (κ2) is 6.76. The number of sulfone groups is 1. The second-order valence-electron chi connectivity index (χ2n) is 6.13. The minimum absolute atomic E-state index is 0.0404. The maximum atomic E-state index is 13.0. The summed E-state index contributed by atoms with van der Waals surface area (Å²) in [7, 11) is -3.74. The summed E-state index contributed by atoms with van der Waals surface area (Å²) in [6.45, 7) is 3.53. The van der Waals surface area contributed by atoms with Gasteiger partial charge in [-0.15, -0.1) is 0 Å². The standard InChI is InChI=1S/C16H15FN4O3S2/c1-9(2)8-26(23,24)16-20-25-15-19-14(22)12(13(18)21(15)16)7-10-3-5-11(17)6-4-10/h3-7,9,18H,8H2,1-2H3/b12-7-,18-13?. The van der Waals surface area contributed by atoms with Crippen LogP contribution in [0.15, 0.2) is 39.2 Å². The van der Waals surface area contributed by atoms with Gasteiger partial charge in [0.05, 0.1) is 23.3 Å². The molecule has 10 heteroatoms. The molecule has 136 valence electrons. The molecule has 0 saturated carbocycles. The molecule has 26 heavy (non-hydrogen) atoms. The Labute approximate surface area is 154 Å². The van der Waals surface area contributed by atoms with Crippen LogP contribution in [-0.4, -0.2) is 41.1 Å². The number of carbonyl (C=O) groups is 1. The van der Waals surface area contributed by atoms with Gasteiger partial charge in [-0.25, -0.2) is 17.7 Å². The number of aliphatic imine (C=N–C) groups is 1. The minimum Gasteiger partial charge on any atom is -0.283 e. The number of hydrogen-bond acceptors (Lipinski definition) is 6. The molecule has 3 rings (SSSR count). The van der Waals surface area contributed by atoms with Crippen molar-refractivity contribution in [3.05, 3.63) is 41.2 Å². The van der Waals surface area contributed by atoms with E-state index in [1.54, 1.807) is 13.8 Å². The molecule has 0 radical (unpaired) electrons. The minimum atomic E-state index is -3.74. The number of nitrogens with zero attached hydrogens (tertiary/aromatic N) is 3. The summed E-state index contributed by atoms with van der Waals surface area (Å²) in [5.74, 6) is -1.67. The SMILES string of the molecule is CC(C)CS(=O)(=O)C1=NSC2=NC(=O)/C(=C\c3ccc(F)cc3)C(=N)N21. The van der Waals surface area contributed by atoms with Gasteiger partial charge in [-0.3, -0.25) is 10.2 Å². The van der Waals surface area contributed by atoms with E-state index in [1.165, 1.54) is 30.3 Å². The van der Waals surface area contributed by atoms with E-state index >= 15 is 0 Å². The first-order valence-corrected chi connectivity index (χ1v) is 10.1. The number of benzene rings is 1. The average Bonchev–Trinajstić information content (AvgIpc) is 2.97. The molecule has 1 aromatic carbocycles. The summed E-state index contributed by atoms with van der Waals surface area (Å²) in [5, 5.41) is 8.06. The summed E-state index contributed by atoms with van der Waals surface area (Å²) in [4.78, 5) is 17.1. The van der Waals surface area contributed by atoms with E-state index in [1.807, 2.05) is 0 Å². The van der Waals surface area contributed by atoms with Crippen LogP contribution in [0.4, 0.5) is 4.39 Å². The van der Waals surface area contributed by atoms with Crippen molar-refractivity contribution in [2.75, 3.05) is 5.75 Å². The van der Waals surface area contributed by atoms with Gasteiger partial charge in [-0.05, 0) is 29.7 Å². The summed E-state index contributed by atoms with van der Waals surface area (Å²) in [6.07, 6.45) is 1.38. The van der Waals surface area contributed by atoms with Crippen LogP contribution in [-0.2, 0) is 14.6 Å². The topological polar surface area (TPSA) is 103 Å². The summed E-state index contributed by atoms with van der Waals surface area (Å²) >= 11 is 0.752. The van der Waals surface area contributed by atoms with Crippen molar-refractivity contribution < 1.29 is 17.6 Å². The van der Waals surface area contributed by atoms with Crippen LogP contribution in [0.1, 0.15) is 19.4 Å². The molecule has 0 unspecified atom stereocenters. The lowest BCUT2D eigenvalue weighted by molar-refractivity contribution is -0.114. The van der Waals surface area contributed by atoms with Crippen molar-refractivity contribution in [3.63, 3.8) is 0 Å². The molecule has 0 fully saturated rings. The fraction of sp³-hybridized carbons (Fsp3) is 0.250. The Morgan fingerprint density at radius 1 is 1.31 bits per heavy atom. The van der Waals surface area contributed by atoms with Gasteiger partial charge in [0.25, 0.3) is 5.91 Å². The van der Waals surface area contributed by atoms with Crippen molar-refractivity contribution >= 4 is 49.9 Å². The molecule has 2 aliphatic rings. The molecule has 0 bridgehead atoms. The highest BCUT2D eigenvalue weighted by Gasteiger charge is 2.42. The molecule has 0 saturated heterocycles. The monoisotopic (exact) mass is 394 g/mol. The Bertz CT molecular complexity index is 979. The number of nitrogens with one attached hydrogen (secondary N) is 1. The average molecular weight is 394 g/mol. The van der Waals surface area contributed by atoms with Crippen LogP contribution >= 0.6 is 11.9 Å². The van der Waals surface area contributed by atoms with E-state index in [4.69, 9.17) is 5.41 Å². The molecule has 0 spiro atoms. The first-order valence-electron chi connectivity index (χ1n) is 7.66. The Hall–Kier alpha value is -2.33. The lowest BCUT2D eigenvalue weighted by Crippen LogP contribution is -2.46. The smallest absolute Gasteiger partial charge is 0.283 e. The zero-order valence-corrected chi connectivity index (χ0v) is 15.6. The van der Waals surface area contributed by atoms with E-state index in [9.17, 15) is 17.6 Å². The normalized spacial score (nSPS) is 19.1. The summed E-state index contributed by atoms with van der Waals surface area (Å²) in [6, 6.07) is 5.35. The lowest BCUT2D eigenvalue weighted by atomic mass is 10.1. The molecule has 1 amide bonds. The van der Waals surface area contributed by atoms with Crippen LogP contribution in [0.25, 0.3) is 6.08 Å². The number of amides is 1. The number of hydrogen-bond donors (Lipinski definition) is 1. The van der Waals surface area contributed by atoms with Crippen LogP contribution in [0.5, 0.6) is 0 Å². The highest BCUT2D eigenvalue weighted by Crippen LogP contribution is 2.30. The fourth-order valence-electron chi connectivity index (χ4n) is 2.44. The van der Waals surface area contributed by atoms with Crippen molar-refractivity contribution in [3.8, 4) is 0 Å². The third-order valence-corrected chi connectivity index (χ3v) is 6.26. The van der Waals surface area contributed by atoms with Crippen LogP contribution in [0, 0.1) is 17.1 Å². The lowest BCUT2D eigenvalue weighted by Gasteiger charge is -2.24. The summed E-state index contributed by atoms with van der Waals surface area (Å²) < 4.78 is 42.0. The van der Waals surface area contributed by atoms with E-state index < -0.39 is 21.6 Å². The molecule has 0 aliphatic carbocycles. The van der Waals surface area contributed by atoms with Gasteiger partial charge in [0.1, 0.15) is 11.7 Å². The number of halogens is 1. The fourth-order valence-corrected chi connectivity index (χ4v) is 5.17. The third kappa shape index (κ3) is 3.47. The number of fused-ring (bicyclic) bond motifs is 1. The highest BCUT2D eigenvalue weighted by molar-refractivity contribution is 8.16. The second-order valence-corrected chi connectivity index (χ2v) is 8.79. The van der Waals surface area contributed by atoms with E-state index in [0.29, 0.717) is 5.56 Å². The van der Waals surface area contributed by atoms with E-state index in [2.05, 4.69) is 9.39 Å². The molecule has 2 heterocycles. The first kappa shape index (κ1) is 18.5. The Morgan fingerprint density at radius 2 is 1.96 bits per heavy atom. The highest BCUT2D eigenvalue weighted by atomic mass is 32.2. The zero-order valence-electron chi connectivity index (χ0n) is 13.9. The van der Waals surface area contributed by atoms with Crippen LogP contribution in [0.2, 0.25) is 0 Å². The molecular formula is C16H15FN4O3S2. The van der Waals surface area contributed by atoms with Gasteiger partial charge < -0.3 is 0 Å². The number of rotatable bonds is 3. The molecule has 0 atom stereocenters. The van der Waals surface area contributed by atoms with Gasteiger partial charge in [0.2, 0.25) is 20.2 Å². The largest absolute Gasteiger partial charge is 0.283 e. The Kier molecular flexibility index (Phi) is 4.80. The number of carbonyl (C=O) groups excluding carboxylic acids is 1. The maximum absolute atomic E-state index is 13.0. The molecule has 2 aliphatic heterocycles. The van der Waals surface area contributed by atoms with Crippen LogP contribution in [0.3, 0.4) is 0 Å². The first-order chi connectivity index (χ1) is 12.2. The van der Waals surface area contributed by atoms with Crippen LogP contribution < -0.4 is 0 Å². The third-order valence-electron chi connectivity index (χ3n) is 3.51. The summed E-state index contributed by atoms with van der Waals surface area (Å²) in [5.41, 5.74) is 0.406. The van der Waals surface area contributed by atoms with Crippen molar-refractivity contribution in [1.29, 1.82) is 5.41 Å². The molecule has 7 nitrogen and oxygen atoms in total. The molecule has 1 N–H and O–H groups in total.